The van der Waals surface area contributed by atoms with E-state index in [0.29, 0.717) is 0 Å². The van der Waals surface area contributed by atoms with Crippen LogP contribution in [0.3, 0.4) is 0 Å². The van der Waals surface area contributed by atoms with Gasteiger partial charge < -0.3 is 0 Å². The van der Waals surface area contributed by atoms with Crippen LogP contribution >= 0.6 is 11.3 Å². The summed E-state index contributed by atoms with van der Waals surface area (Å²) in [5.74, 6) is 0. The summed E-state index contributed by atoms with van der Waals surface area (Å²) in [5.41, 5.74) is 5.01. The first-order valence-corrected chi connectivity index (χ1v) is 10.2. The molecule has 0 N–H and O–H groups in total. The normalized spacial score (nSPS) is 11.8. The van der Waals surface area contributed by atoms with Crippen molar-refractivity contribution in [2.75, 3.05) is 0 Å². The molecule has 0 aliphatic heterocycles. The number of thiophene rings is 1. The van der Waals surface area contributed by atoms with Crippen molar-refractivity contribution in [2.24, 2.45) is 0 Å². The predicted molar refractivity (Wildman–Crippen MR) is 120 cm³/mol. The van der Waals surface area contributed by atoms with Crippen molar-refractivity contribution in [3.63, 3.8) is 0 Å². The molecule has 2 aromatic heterocycles. The Bertz CT molecular complexity index is 1530. The van der Waals surface area contributed by atoms with Gasteiger partial charge in [0.2, 0.25) is 0 Å². The van der Waals surface area contributed by atoms with E-state index in [1.54, 1.807) is 0 Å². The quantitative estimate of drug-likeness (QED) is 0.285. The molecule has 2 heterocycles. The molecule has 0 unspecified atom stereocenters. The fraction of sp³-hybridized carbons (Fsp3) is 0.0400. The lowest BCUT2D eigenvalue weighted by Crippen LogP contribution is -1.95. The van der Waals surface area contributed by atoms with Crippen LogP contribution in [0.15, 0.2) is 78.9 Å². The van der Waals surface area contributed by atoms with Gasteiger partial charge in [-0.05, 0) is 30.5 Å². The maximum Gasteiger partial charge on any atom is 0.0972 e. The molecular weight excluding hydrogens is 360 g/mol. The van der Waals surface area contributed by atoms with Crippen molar-refractivity contribution in [1.82, 2.24) is 9.97 Å². The molecule has 0 aliphatic rings. The minimum atomic E-state index is 0.947. The maximum atomic E-state index is 5.15. The van der Waals surface area contributed by atoms with Crippen molar-refractivity contribution in [3.8, 4) is 11.3 Å². The Labute approximate surface area is 166 Å². The smallest absolute Gasteiger partial charge is 0.0972 e. The molecule has 6 aromatic rings. The zero-order chi connectivity index (χ0) is 18.7. The first-order chi connectivity index (χ1) is 13.8. The molecule has 0 saturated carbocycles. The van der Waals surface area contributed by atoms with E-state index in [1.807, 2.05) is 11.3 Å². The zero-order valence-electron chi connectivity index (χ0n) is 15.3. The molecule has 0 atom stereocenters. The third-order valence-corrected chi connectivity index (χ3v) is 6.53. The summed E-state index contributed by atoms with van der Waals surface area (Å²) in [4.78, 5) is 10.1. The summed E-state index contributed by atoms with van der Waals surface area (Å²) in [5, 5.41) is 4.91. The van der Waals surface area contributed by atoms with Gasteiger partial charge in [0.05, 0.1) is 22.4 Å². The molecule has 0 fully saturated rings. The van der Waals surface area contributed by atoms with Crippen LogP contribution in [0.1, 0.15) is 5.69 Å². The van der Waals surface area contributed by atoms with Gasteiger partial charge in [0, 0.05) is 31.1 Å². The summed E-state index contributed by atoms with van der Waals surface area (Å²) in [7, 11) is 0. The largest absolute Gasteiger partial charge is 0.249 e. The number of benzene rings is 4. The maximum absolute atomic E-state index is 5.15. The first kappa shape index (κ1) is 15.7. The molecule has 0 bridgehead atoms. The van der Waals surface area contributed by atoms with E-state index in [9.17, 15) is 0 Å². The molecule has 2 nitrogen and oxygen atoms in total. The van der Waals surface area contributed by atoms with Gasteiger partial charge in [0.25, 0.3) is 0 Å². The Balaban J connectivity index is 1.75. The van der Waals surface area contributed by atoms with E-state index in [2.05, 4.69) is 85.8 Å². The van der Waals surface area contributed by atoms with Crippen molar-refractivity contribution in [3.05, 3.63) is 84.6 Å². The van der Waals surface area contributed by atoms with Gasteiger partial charge >= 0.3 is 0 Å². The van der Waals surface area contributed by atoms with E-state index >= 15 is 0 Å². The van der Waals surface area contributed by atoms with E-state index < -0.39 is 0 Å². The highest BCUT2D eigenvalue weighted by Crippen LogP contribution is 2.40. The van der Waals surface area contributed by atoms with E-state index in [1.165, 1.54) is 25.6 Å². The molecule has 0 spiro atoms. The molecule has 0 amide bonds. The minimum Gasteiger partial charge on any atom is -0.249 e. The van der Waals surface area contributed by atoms with E-state index in [-0.39, 0.29) is 0 Å². The summed E-state index contributed by atoms with van der Waals surface area (Å²) >= 11 is 1.83. The first-order valence-electron chi connectivity index (χ1n) is 9.36. The third kappa shape index (κ3) is 2.20. The second kappa shape index (κ2) is 5.85. The molecule has 4 aromatic carbocycles. The highest BCUT2D eigenvalue weighted by atomic mass is 32.1. The molecule has 6 rings (SSSR count). The molecule has 0 saturated heterocycles. The lowest BCUT2D eigenvalue weighted by atomic mass is 10.0. The third-order valence-electron chi connectivity index (χ3n) is 5.39. The number of hydrogen-bond donors (Lipinski definition) is 0. The van der Waals surface area contributed by atoms with Crippen LogP contribution in [0, 0.1) is 6.92 Å². The standard InChI is InChI=1S/C25H16N2S/c1-15-24(27-25-17-8-3-2-7-16(17)13-14-20(25)26-15)19-10-6-12-22-23(19)18-9-4-5-11-21(18)28-22/h2-14H,1H3. The summed E-state index contributed by atoms with van der Waals surface area (Å²) in [6, 6.07) is 27.7. The van der Waals surface area contributed by atoms with Gasteiger partial charge in [0.15, 0.2) is 0 Å². The van der Waals surface area contributed by atoms with Crippen molar-refractivity contribution >= 4 is 53.3 Å². The van der Waals surface area contributed by atoms with Crippen LogP contribution in [0.4, 0.5) is 0 Å². The van der Waals surface area contributed by atoms with Gasteiger partial charge in [-0.2, -0.15) is 0 Å². The van der Waals surface area contributed by atoms with Gasteiger partial charge in [0.1, 0.15) is 0 Å². The van der Waals surface area contributed by atoms with E-state index in [4.69, 9.17) is 9.97 Å². The number of nitrogens with zero attached hydrogens (tertiary/aromatic N) is 2. The number of aryl methyl sites for hydroxylation is 1. The average molecular weight is 376 g/mol. The second-order valence-corrected chi connectivity index (χ2v) is 8.17. The SMILES string of the molecule is Cc1nc2ccc3ccccc3c2nc1-c1cccc2sc3ccccc3c12. The van der Waals surface area contributed by atoms with Crippen LogP contribution in [0.5, 0.6) is 0 Å². The number of hydrogen-bond acceptors (Lipinski definition) is 3. The van der Waals surface area contributed by atoms with Gasteiger partial charge in [-0.15, -0.1) is 11.3 Å². The van der Waals surface area contributed by atoms with Gasteiger partial charge in [-0.1, -0.05) is 60.7 Å². The average Bonchev–Trinajstić information content (AvgIpc) is 3.12. The van der Waals surface area contributed by atoms with Crippen molar-refractivity contribution in [2.45, 2.75) is 6.92 Å². The highest BCUT2D eigenvalue weighted by molar-refractivity contribution is 7.25. The Morgan fingerprint density at radius 2 is 1.46 bits per heavy atom. The lowest BCUT2D eigenvalue weighted by molar-refractivity contribution is 1.20. The fourth-order valence-electron chi connectivity index (χ4n) is 4.10. The predicted octanol–water partition coefficient (Wildman–Crippen LogP) is 7.13. The van der Waals surface area contributed by atoms with Crippen LogP contribution < -0.4 is 0 Å². The summed E-state index contributed by atoms with van der Waals surface area (Å²) < 4.78 is 2.60. The van der Waals surface area contributed by atoms with Crippen molar-refractivity contribution in [1.29, 1.82) is 0 Å². The minimum absolute atomic E-state index is 0.947. The Morgan fingerprint density at radius 3 is 2.39 bits per heavy atom. The van der Waals surface area contributed by atoms with Crippen LogP contribution in [-0.2, 0) is 0 Å². The summed E-state index contributed by atoms with van der Waals surface area (Å²) in [6.07, 6.45) is 0. The number of aromatic nitrogens is 2. The van der Waals surface area contributed by atoms with E-state index in [0.717, 1.165) is 33.4 Å². The zero-order valence-corrected chi connectivity index (χ0v) is 16.1. The Hall–Kier alpha value is -3.30. The van der Waals surface area contributed by atoms with Gasteiger partial charge in [-0.3, -0.25) is 0 Å². The van der Waals surface area contributed by atoms with Crippen LogP contribution in [-0.4, -0.2) is 9.97 Å². The second-order valence-electron chi connectivity index (χ2n) is 7.09. The molecule has 0 aliphatic carbocycles. The Kier molecular flexibility index (Phi) is 3.28. The molecule has 0 radical (unpaired) electrons. The summed E-state index contributed by atoms with van der Waals surface area (Å²) in [6.45, 7) is 2.06. The number of rotatable bonds is 1. The Morgan fingerprint density at radius 1 is 0.679 bits per heavy atom. The topological polar surface area (TPSA) is 25.8 Å². The van der Waals surface area contributed by atoms with Crippen molar-refractivity contribution < 1.29 is 0 Å². The molecule has 132 valence electrons. The molecule has 3 heteroatoms. The number of fused-ring (bicyclic) bond motifs is 6. The lowest BCUT2D eigenvalue weighted by Gasteiger charge is -2.10. The van der Waals surface area contributed by atoms with Crippen LogP contribution in [0.2, 0.25) is 0 Å². The van der Waals surface area contributed by atoms with Crippen LogP contribution in [0.25, 0.3) is 53.2 Å². The molecule has 28 heavy (non-hydrogen) atoms. The van der Waals surface area contributed by atoms with Gasteiger partial charge in [-0.25, -0.2) is 9.97 Å². The highest BCUT2D eigenvalue weighted by Gasteiger charge is 2.15. The monoisotopic (exact) mass is 376 g/mol. The fourth-order valence-corrected chi connectivity index (χ4v) is 5.24. The molecular formula is C25H16N2S.